The number of nitrogens with zero attached hydrogens (tertiary/aromatic N) is 1. The number of rotatable bonds is 16. The zero-order valence-corrected chi connectivity index (χ0v) is 32.2. The molecular weight excluding hydrogens is 696 g/mol. The standard InChI is InChI=1S/C40H53ClN6O6/c1-7-47(39(51)52-35-31-15-10-8-13-29(31)30-14-9-11-16-32(30)35)24-27-21-28(19-18-26(27)22-41)45-36(48)33(17-12-20-43-37(42)49)44-23-34(25(2)3)46-38(50)53-40(4,5)6/h8-11,13-16,18-19,21,25,33-35,44H,7,12,17,20,22-24H2,1-6H3,(H,45,48)(H,46,50)(H3,42,43,49)/t33-,34+/m0/s1. The van der Waals surface area contributed by atoms with Crippen molar-refractivity contribution in [2.24, 2.45) is 11.7 Å². The van der Waals surface area contributed by atoms with Crippen LogP contribution >= 0.6 is 11.6 Å². The lowest BCUT2D eigenvalue weighted by Crippen LogP contribution is -2.51. The first kappa shape index (κ1) is 41.0. The summed E-state index contributed by atoms with van der Waals surface area (Å²) in [4.78, 5) is 52.9. The SMILES string of the molecule is CCN(Cc1cc(NC(=O)[C@H](CCCNC(N)=O)NC[C@@H](NC(=O)OC(C)(C)C)C(C)C)ccc1CCl)C(=O)OC1c2ccccc2-c2ccccc21. The Balaban J connectivity index is 1.47. The summed E-state index contributed by atoms with van der Waals surface area (Å²) in [6.45, 7) is 12.4. The first-order valence-corrected chi connectivity index (χ1v) is 18.6. The van der Waals surface area contributed by atoms with Gasteiger partial charge < -0.3 is 41.4 Å². The minimum Gasteiger partial charge on any atom is -0.444 e. The van der Waals surface area contributed by atoms with Crippen LogP contribution in [0.25, 0.3) is 11.1 Å². The number of alkyl carbamates (subject to hydrolysis) is 1. The van der Waals surface area contributed by atoms with E-state index in [1.165, 1.54) is 0 Å². The van der Waals surface area contributed by atoms with E-state index in [0.717, 1.165) is 33.4 Å². The molecule has 4 rings (SSSR count). The molecule has 2 atom stereocenters. The van der Waals surface area contributed by atoms with Gasteiger partial charge in [0.25, 0.3) is 0 Å². The highest BCUT2D eigenvalue weighted by molar-refractivity contribution is 6.17. The molecule has 0 unspecified atom stereocenters. The summed E-state index contributed by atoms with van der Waals surface area (Å²) in [5, 5.41) is 11.8. The lowest BCUT2D eigenvalue weighted by Gasteiger charge is -2.28. The van der Waals surface area contributed by atoms with E-state index >= 15 is 0 Å². The van der Waals surface area contributed by atoms with Crippen LogP contribution < -0.4 is 27.0 Å². The van der Waals surface area contributed by atoms with Gasteiger partial charge in [0.05, 0.1) is 6.04 Å². The zero-order valence-electron chi connectivity index (χ0n) is 31.5. The summed E-state index contributed by atoms with van der Waals surface area (Å²) >= 11 is 6.35. The fourth-order valence-electron chi connectivity index (χ4n) is 6.16. The molecule has 53 heavy (non-hydrogen) atoms. The van der Waals surface area contributed by atoms with Crippen molar-refractivity contribution >= 4 is 41.4 Å². The van der Waals surface area contributed by atoms with Crippen LogP contribution in [0.1, 0.15) is 82.7 Å². The quantitative estimate of drug-likeness (QED) is 0.0774. The summed E-state index contributed by atoms with van der Waals surface area (Å²) in [6.07, 6.45) is -0.690. The van der Waals surface area contributed by atoms with Gasteiger partial charge in [-0.3, -0.25) is 4.79 Å². The molecule has 0 fully saturated rings. The number of ether oxygens (including phenoxy) is 2. The molecule has 286 valence electrons. The number of anilines is 1. The Labute approximate surface area is 317 Å². The Morgan fingerprint density at radius 1 is 0.943 bits per heavy atom. The maximum atomic E-state index is 13.8. The monoisotopic (exact) mass is 748 g/mol. The number of hydrogen-bond acceptors (Lipinski definition) is 7. The van der Waals surface area contributed by atoms with E-state index in [1.807, 2.05) is 81.4 Å². The van der Waals surface area contributed by atoms with Gasteiger partial charge in [0.2, 0.25) is 5.91 Å². The molecule has 0 saturated heterocycles. The second-order valence-electron chi connectivity index (χ2n) is 14.4. The topological polar surface area (TPSA) is 164 Å². The van der Waals surface area contributed by atoms with Gasteiger partial charge in [-0.25, -0.2) is 14.4 Å². The Kier molecular flexibility index (Phi) is 14.5. The van der Waals surface area contributed by atoms with Gasteiger partial charge in [0.15, 0.2) is 6.10 Å². The van der Waals surface area contributed by atoms with Crippen molar-refractivity contribution in [3.63, 3.8) is 0 Å². The van der Waals surface area contributed by atoms with Crippen molar-refractivity contribution in [1.29, 1.82) is 0 Å². The minimum absolute atomic E-state index is 0.0345. The Bertz CT molecular complexity index is 1700. The number of primary amides is 1. The van der Waals surface area contributed by atoms with Gasteiger partial charge in [-0.1, -0.05) is 68.4 Å². The molecule has 0 radical (unpaired) electrons. The van der Waals surface area contributed by atoms with Crippen molar-refractivity contribution in [3.8, 4) is 11.1 Å². The van der Waals surface area contributed by atoms with Gasteiger partial charge >= 0.3 is 18.2 Å². The van der Waals surface area contributed by atoms with Crippen LogP contribution in [-0.4, -0.2) is 66.3 Å². The van der Waals surface area contributed by atoms with E-state index in [0.29, 0.717) is 31.6 Å². The number of nitrogens with two attached hydrogens (primary N) is 1. The number of hydrogen-bond donors (Lipinski definition) is 5. The van der Waals surface area contributed by atoms with Crippen molar-refractivity contribution in [2.75, 3.05) is 25.0 Å². The van der Waals surface area contributed by atoms with Crippen LogP contribution in [0.2, 0.25) is 0 Å². The second-order valence-corrected chi connectivity index (χ2v) is 14.7. The number of carbonyl (C=O) groups is 4. The average Bonchev–Trinajstić information content (AvgIpc) is 3.41. The van der Waals surface area contributed by atoms with E-state index < -0.39 is 36.0 Å². The molecule has 0 bridgehead atoms. The van der Waals surface area contributed by atoms with Gasteiger partial charge in [0.1, 0.15) is 5.60 Å². The van der Waals surface area contributed by atoms with E-state index in [4.69, 9.17) is 26.8 Å². The predicted molar refractivity (Wildman–Crippen MR) is 208 cm³/mol. The van der Waals surface area contributed by atoms with E-state index in [-0.39, 0.29) is 36.8 Å². The van der Waals surface area contributed by atoms with Gasteiger partial charge in [-0.15, -0.1) is 11.6 Å². The van der Waals surface area contributed by atoms with Crippen molar-refractivity contribution in [1.82, 2.24) is 20.9 Å². The number of urea groups is 1. The Hall–Kier alpha value is -4.81. The van der Waals surface area contributed by atoms with E-state index in [1.54, 1.807) is 31.7 Å². The minimum atomic E-state index is -0.679. The number of fused-ring (bicyclic) bond motifs is 3. The van der Waals surface area contributed by atoms with Crippen molar-refractivity contribution in [2.45, 2.75) is 90.6 Å². The molecule has 0 aromatic heterocycles. The maximum absolute atomic E-state index is 13.8. The normalized spacial score (nSPS) is 13.4. The molecule has 0 saturated carbocycles. The Morgan fingerprint density at radius 3 is 2.15 bits per heavy atom. The number of amides is 5. The van der Waals surface area contributed by atoms with Crippen LogP contribution in [0.4, 0.5) is 20.1 Å². The number of carbonyl (C=O) groups excluding carboxylic acids is 4. The molecule has 6 N–H and O–H groups in total. The molecule has 13 heteroatoms. The molecule has 0 heterocycles. The zero-order chi connectivity index (χ0) is 38.7. The summed E-state index contributed by atoms with van der Waals surface area (Å²) in [5.74, 6) is -0.0660. The third kappa shape index (κ3) is 11.6. The lowest BCUT2D eigenvalue weighted by molar-refractivity contribution is -0.118. The number of halogens is 1. The molecule has 0 aliphatic heterocycles. The first-order valence-electron chi connectivity index (χ1n) is 18.1. The van der Waals surface area contributed by atoms with Crippen LogP contribution in [-0.2, 0) is 26.7 Å². The molecule has 3 aromatic carbocycles. The summed E-state index contributed by atoms with van der Waals surface area (Å²) in [5.41, 5.74) is 10.7. The number of nitrogens with one attached hydrogen (secondary N) is 4. The fraction of sp³-hybridized carbons (Fsp3) is 0.450. The number of alkyl halides is 1. The third-order valence-electron chi connectivity index (χ3n) is 8.99. The van der Waals surface area contributed by atoms with Gasteiger partial charge in [-0.2, -0.15) is 0 Å². The van der Waals surface area contributed by atoms with Gasteiger partial charge in [0, 0.05) is 54.9 Å². The lowest BCUT2D eigenvalue weighted by atomic mass is 10.0. The molecule has 5 amide bonds. The third-order valence-corrected chi connectivity index (χ3v) is 9.28. The van der Waals surface area contributed by atoms with Crippen molar-refractivity contribution < 1.29 is 28.7 Å². The first-order chi connectivity index (χ1) is 25.2. The predicted octanol–water partition coefficient (Wildman–Crippen LogP) is 7.05. The molecule has 1 aliphatic carbocycles. The van der Waals surface area contributed by atoms with E-state index in [9.17, 15) is 19.2 Å². The maximum Gasteiger partial charge on any atom is 0.411 e. The molecule has 3 aromatic rings. The summed E-state index contributed by atoms with van der Waals surface area (Å²) in [6, 6.07) is 19.6. The number of benzene rings is 3. The molecule has 12 nitrogen and oxygen atoms in total. The van der Waals surface area contributed by atoms with Crippen LogP contribution in [0, 0.1) is 5.92 Å². The average molecular weight is 749 g/mol. The highest BCUT2D eigenvalue weighted by Crippen LogP contribution is 2.45. The van der Waals surface area contributed by atoms with E-state index in [2.05, 4.69) is 21.3 Å². The highest BCUT2D eigenvalue weighted by Gasteiger charge is 2.32. The van der Waals surface area contributed by atoms with Crippen molar-refractivity contribution in [3.05, 3.63) is 89.0 Å². The summed E-state index contributed by atoms with van der Waals surface area (Å²) < 4.78 is 11.6. The molecule has 1 aliphatic rings. The second kappa shape index (κ2) is 18.8. The van der Waals surface area contributed by atoms with Crippen LogP contribution in [0.15, 0.2) is 66.7 Å². The van der Waals surface area contributed by atoms with Gasteiger partial charge in [-0.05, 0) is 80.8 Å². The van der Waals surface area contributed by atoms with Crippen LogP contribution in [0.3, 0.4) is 0 Å². The van der Waals surface area contributed by atoms with Crippen LogP contribution in [0.5, 0.6) is 0 Å². The highest BCUT2D eigenvalue weighted by atomic mass is 35.5. The fourth-order valence-corrected chi connectivity index (χ4v) is 6.42. The smallest absolute Gasteiger partial charge is 0.411 e. The Morgan fingerprint density at radius 2 is 1.58 bits per heavy atom. The molecule has 0 spiro atoms. The largest absolute Gasteiger partial charge is 0.444 e. The molecular formula is C40H53ClN6O6. The summed E-state index contributed by atoms with van der Waals surface area (Å²) in [7, 11) is 0.